The van der Waals surface area contributed by atoms with E-state index in [9.17, 15) is 29.1 Å². The number of carboxylic acids is 2. The van der Waals surface area contributed by atoms with Crippen LogP contribution in [0.5, 0.6) is 0 Å². The molecule has 0 bridgehead atoms. The van der Waals surface area contributed by atoms with Gasteiger partial charge in [-0.3, -0.25) is 9.59 Å². The second-order valence-corrected chi connectivity index (χ2v) is 6.56. The molecule has 0 spiro atoms. The zero-order valence-electron chi connectivity index (χ0n) is 17.3. The summed E-state index contributed by atoms with van der Waals surface area (Å²) >= 11 is 0. The van der Waals surface area contributed by atoms with Gasteiger partial charge in [-0.15, -0.1) is 0 Å². The van der Waals surface area contributed by atoms with E-state index in [2.05, 4.69) is 5.32 Å². The Morgan fingerprint density at radius 3 is 2.22 bits per heavy atom. The fraction of sp³-hybridized carbons (Fsp3) is 0.350. The molecule has 1 aliphatic heterocycles. The minimum absolute atomic E-state index is 0.0323. The lowest BCUT2D eigenvalue weighted by atomic mass is 10.1. The summed E-state index contributed by atoms with van der Waals surface area (Å²) < 4.78 is 14.8. The van der Waals surface area contributed by atoms with E-state index in [1.807, 2.05) is 0 Å². The van der Waals surface area contributed by atoms with E-state index in [-0.39, 0.29) is 36.6 Å². The molecule has 0 saturated carbocycles. The molecule has 3 N–H and O–H groups in total. The monoisotopic (exact) mass is 450 g/mol. The number of rotatable bonds is 9. The smallest absolute Gasteiger partial charge is 0.355 e. The van der Waals surface area contributed by atoms with Crippen molar-refractivity contribution in [2.24, 2.45) is 0 Å². The van der Waals surface area contributed by atoms with Gasteiger partial charge in [-0.1, -0.05) is 0 Å². The zero-order chi connectivity index (χ0) is 23.8. The van der Waals surface area contributed by atoms with Crippen LogP contribution in [0.3, 0.4) is 0 Å². The second kappa shape index (κ2) is 10.9. The van der Waals surface area contributed by atoms with E-state index in [0.717, 1.165) is 14.2 Å². The molecular weight excluding hydrogens is 428 g/mol. The molecule has 1 unspecified atom stereocenters. The number of anilines is 1. The van der Waals surface area contributed by atoms with Gasteiger partial charge >= 0.3 is 23.9 Å². The van der Waals surface area contributed by atoms with Crippen molar-refractivity contribution in [3.05, 3.63) is 41.1 Å². The topological polar surface area (TPSA) is 169 Å². The van der Waals surface area contributed by atoms with Gasteiger partial charge in [-0.25, -0.2) is 14.4 Å². The van der Waals surface area contributed by atoms with Gasteiger partial charge in [-0.05, 0) is 30.7 Å². The van der Waals surface area contributed by atoms with Gasteiger partial charge in [0.1, 0.15) is 18.5 Å². The number of esters is 2. The Hall–Kier alpha value is -3.93. The maximum atomic E-state index is 12.4. The Bertz CT molecular complexity index is 938. The van der Waals surface area contributed by atoms with Crippen LogP contribution in [0.15, 0.2) is 35.5 Å². The van der Waals surface area contributed by atoms with Gasteiger partial charge in [-0.2, -0.15) is 0 Å². The molecule has 12 nitrogen and oxygen atoms in total. The van der Waals surface area contributed by atoms with Gasteiger partial charge in [0.2, 0.25) is 0 Å². The highest BCUT2D eigenvalue weighted by molar-refractivity contribution is 6.03. The van der Waals surface area contributed by atoms with Crippen LogP contribution in [0.25, 0.3) is 0 Å². The molecule has 0 aromatic heterocycles. The van der Waals surface area contributed by atoms with Crippen molar-refractivity contribution in [2.75, 3.05) is 32.5 Å². The first-order valence-electron chi connectivity index (χ1n) is 9.30. The van der Waals surface area contributed by atoms with Crippen molar-refractivity contribution in [1.29, 1.82) is 0 Å². The summed E-state index contributed by atoms with van der Waals surface area (Å²) in [5, 5.41) is 20.2. The molecular formula is C20H22N2O10. The second-order valence-electron chi connectivity index (χ2n) is 6.56. The molecule has 12 heteroatoms. The Labute approximate surface area is 182 Å². The molecule has 0 saturated heterocycles. The van der Waals surface area contributed by atoms with E-state index in [0.29, 0.717) is 5.69 Å². The normalized spacial score (nSPS) is 14.4. The van der Waals surface area contributed by atoms with Gasteiger partial charge in [0.15, 0.2) is 0 Å². The van der Waals surface area contributed by atoms with E-state index in [1.54, 1.807) is 0 Å². The number of benzene rings is 1. The third-order valence-electron chi connectivity index (χ3n) is 4.52. The van der Waals surface area contributed by atoms with E-state index >= 15 is 0 Å². The Morgan fingerprint density at radius 1 is 1.06 bits per heavy atom. The van der Waals surface area contributed by atoms with Crippen LogP contribution in [0.1, 0.15) is 23.2 Å². The number of hydrogen-bond acceptors (Lipinski definition) is 9. The molecule has 1 aromatic carbocycles. The molecule has 32 heavy (non-hydrogen) atoms. The van der Waals surface area contributed by atoms with Crippen LogP contribution in [-0.4, -0.2) is 73.6 Å². The average molecular weight is 450 g/mol. The van der Waals surface area contributed by atoms with Crippen molar-refractivity contribution in [1.82, 2.24) is 5.32 Å². The standard InChI is InChI=1S/C20H22N2O10/c1-30-19(28)13-9-32-10-22(16(13)20(29)31-2)12-5-3-11(4-6-12)17(25)21-14(18(26)27)7-8-15(23)24/h3-6,14H,7-10H2,1-2H3,(H,21,25)(H,23,24)(H,26,27). The van der Waals surface area contributed by atoms with Gasteiger partial charge in [0.05, 0.1) is 26.4 Å². The highest BCUT2D eigenvalue weighted by atomic mass is 16.5. The van der Waals surface area contributed by atoms with Crippen molar-refractivity contribution in [2.45, 2.75) is 18.9 Å². The lowest BCUT2D eigenvalue weighted by Crippen LogP contribution is -2.41. The first-order chi connectivity index (χ1) is 15.2. The Morgan fingerprint density at radius 2 is 1.69 bits per heavy atom. The third kappa shape index (κ3) is 5.82. The molecule has 1 amide bonds. The van der Waals surface area contributed by atoms with Gasteiger partial charge in [0.25, 0.3) is 5.91 Å². The highest BCUT2D eigenvalue weighted by Crippen LogP contribution is 2.27. The Kier molecular flexibility index (Phi) is 8.30. The minimum Gasteiger partial charge on any atom is -0.481 e. The van der Waals surface area contributed by atoms with Crippen LogP contribution in [0.4, 0.5) is 5.69 Å². The predicted octanol–water partition coefficient (Wildman–Crippen LogP) is 0.129. The van der Waals surface area contributed by atoms with Crippen LogP contribution in [0.2, 0.25) is 0 Å². The summed E-state index contributed by atoms with van der Waals surface area (Å²) in [6, 6.07) is 4.32. The molecule has 1 aliphatic rings. The minimum atomic E-state index is -1.37. The Balaban J connectivity index is 2.25. The number of aliphatic carboxylic acids is 2. The largest absolute Gasteiger partial charge is 0.481 e. The number of nitrogens with one attached hydrogen (secondary N) is 1. The third-order valence-corrected chi connectivity index (χ3v) is 4.52. The number of ether oxygens (including phenoxy) is 3. The van der Waals surface area contributed by atoms with Gasteiger partial charge in [0, 0.05) is 17.7 Å². The number of amides is 1. The maximum Gasteiger partial charge on any atom is 0.355 e. The fourth-order valence-electron chi connectivity index (χ4n) is 2.91. The lowest BCUT2D eigenvalue weighted by molar-refractivity contribution is -0.141. The number of carbonyl (C=O) groups is 5. The van der Waals surface area contributed by atoms with E-state index < -0.39 is 42.2 Å². The summed E-state index contributed by atoms with van der Waals surface area (Å²) in [7, 11) is 2.33. The molecule has 172 valence electrons. The number of hydrogen-bond donors (Lipinski definition) is 3. The van der Waals surface area contributed by atoms with Gasteiger partial charge < -0.3 is 34.6 Å². The van der Waals surface area contributed by atoms with Crippen LogP contribution >= 0.6 is 0 Å². The lowest BCUT2D eigenvalue weighted by Gasteiger charge is -2.31. The highest BCUT2D eigenvalue weighted by Gasteiger charge is 2.32. The first-order valence-corrected chi connectivity index (χ1v) is 9.30. The van der Waals surface area contributed by atoms with Crippen molar-refractivity contribution in [3.8, 4) is 0 Å². The molecule has 0 fully saturated rings. The molecule has 2 rings (SSSR count). The van der Waals surface area contributed by atoms with Crippen molar-refractivity contribution in [3.63, 3.8) is 0 Å². The summed E-state index contributed by atoms with van der Waals surface area (Å²) in [4.78, 5) is 60.0. The van der Waals surface area contributed by atoms with E-state index in [4.69, 9.17) is 19.3 Å². The molecule has 1 aromatic rings. The summed E-state index contributed by atoms with van der Waals surface area (Å²) in [5.74, 6) is -4.79. The van der Waals surface area contributed by atoms with Crippen LogP contribution in [-0.2, 0) is 33.4 Å². The van der Waals surface area contributed by atoms with E-state index in [1.165, 1.54) is 29.2 Å². The van der Waals surface area contributed by atoms with Crippen LogP contribution in [0, 0.1) is 0 Å². The number of nitrogens with zero attached hydrogens (tertiary/aromatic N) is 1. The summed E-state index contributed by atoms with van der Waals surface area (Å²) in [5.41, 5.74) is 0.395. The SMILES string of the molecule is COC(=O)C1=C(C(=O)OC)N(c2ccc(C(=O)NC(CCC(=O)O)C(=O)O)cc2)COC1. The number of carbonyl (C=O) groups excluding carboxylic acids is 3. The van der Waals surface area contributed by atoms with Crippen molar-refractivity contribution < 1.29 is 48.4 Å². The molecule has 0 radical (unpaired) electrons. The van der Waals surface area contributed by atoms with Crippen LogP contribution < -0.4 is 10.2 Å². The summed E-state index contributed by atoms with van der Waals surface area (Å²) in [6.45, 7) is -0.228. The first kappa shape index (κ1) is 24.3. The number of methoxy groups -OCH3 is 2. The molecule has 1 heterocycles. The molecule has 0 aliphatic carbocycles. The zero-order valence-corrected chi connectivity index (χ0v) is 17.3. The molecule has 1 atom stereocenters. The quantitative estimate of drug-likeness (QED) is 0.437. The maximum absolute atomic E-state index is 12.4. The predicted molar refractivity (Wildman–Crippen MR) is 107 cm³/mol. The average Bonchev–Trinajstić information content (AvgIpc) is 2.79. The fourth-order valence-corrected chi connectivity index (χ4v) is 2.91. The summed E-state index contributed by atoms with van der Waals surface area (Å²) in [6.07, 6.45) is -0.695. The van der Waals surface area contributed by atoms with Crippen molar-refractivity contribution >= 4 is 35.5 Å². The number of carboxylic acid groups (broad SMARTS) is 2.